The standard InChI is InChI=1S/C19H30N2/c1-14(2)13-21(17-6-4-5-7-17)18-10-11-19-16(12-18)9-8-15(3)20-19/h10-12,14-15,17,20H,4-9,13H2,1-3H3. The van der Waals surface area contributed by atoms with E-state index in [-0.39, 0.29) is 0 Å². The topological polar surface area (TPSA) is 15.3 Å². The van der Waals surface area contributed by atoms with Crippen LogP contribution in [0.1, 0.15) is 58.4 Å². The third-order valence-corrected chi connectivity index (χ3v) is 5.00. The molecular formula is C19H30N2. The van der Waals surface area contributed by atoms with Gasteiger partial charge in [0.2, 0.25) is 0 Å². The van der Waals surface area contributed by atoms with Crippen LogP contribution in [0.5, 0.6) is 0 Å². The van der Waals surface area contributed by atoms with Gasteiger partial charge in [0.15, 0.2) is 0 Å². The van der Waals surface area contributed by atoms with Crippen molar-refractivity contribution in [3.63, 3.8) is 0 Å². The fourth-order valence-corrected chi connectivity index (χ4v) is 3.89. The molecule has 2 heteroatoms. The molecule has 3 rings (SSSR count). The zero-order chi connectivity index (χ0) is 14.8. The molecule has 21 heavy (non-hydrogen) atoms. The summed E-state index contributed by atoms with van der Waals surface area (Å²) in [4.78, 5) is 2.69. The lowest BCUT2D eigenvalue weighted by atomic mass is 9.97. The van der Waals surface area contributed by atoms with Crippen LogP contribution in [0.15, 0.2) is 18.2 Å². The van der Waals surface area contributed by atoms with E-state index in [0.717, 1.165) is 12.0 Å². The normalized spacial score (nSPS) is 22.2. The largest absolute Gasteiger partial charge is 0.382 e. The van der Waals surface area contributed by atoms with Gasteiger partial charge in [-0.3, -0.25) is 0 Å². The highest BCUT2D eigenvalue weighted by molar-refractivity contribution is 5.62. The van der Waals surface area contributed by atoms with Crippen LogP contribution >= 0.6 is 0 Å². The molecule has 1 aliphatic carbocycles. The number of anilines is 2. The summed E-state index contributed by atoms with van der Waals surface area (Å²) >= 11 is 0. The highest BCUT2D eigenvalue weighted by Crippen LogP contribution is 2.33. The summed E-state index contributed by atoms with van der Waals surface area (Å²) in [5.41, 5.74) is 4.32. The summed E-state index contributed by atoms with van der Waals surface area (Å²) in [6.45, 7) is 8.14. The van der Waals surface area contributed by atoms with Gasteiger partial charge in [-0.2, -0.15) is 0 Å². The van der Waals surface area contributed by atoms with E-state index >= 15 is 0 Å². The van der Waals surface area contributed by atoms with E-state index in [9.17, 15) is 0 Å². The first kappa shape index (κ1) is 14.7. The summed E-state index contributed by atoms with van der Waals surface area (Å²) in [6, 6.07) is 8.48. The highest BCUT2D eigenvalue weighted by atomic mass is 15.2. The Morgan fingerprint density at radius 1 is 1.19 bits per heavy atom. The monoisotopic (exact) mass is 286 g/mol. The summed E-state index contributed by atoms with van der Waals surface area (Å²) in [5.74, 6) is 0.722. The molecule has 1 aromatic rings. The lowest BCUT2D eigenvalue weighted by Crippen LogP contribution is -2.36. The molecule has 1 aliphatic heterocycles. The molecule has 0 radical (unpaired) electrons. The smallest absolute Gasteiger partial charge is 0.0376 e. The summed E-state index contributed by atoms with van der Waals surface area (Å²) in [7, 11) is 0. The molecule has 1 unspecified atom stereocenters. The Hall–Kier alpha value is -1.18. The van der Waals surface area contributed by atoms with Crippen molar-refractivity contribution in [2.45, 2.75) is 71.4 Å². The van der Waals surface area contributed by atoms with Gasteiger partial charge in [-0.1, -0.05) is 26.7 Å². The summed E-state index contributed by atoms with van der Waals surface area (Å²) in [6.07, 6.45) is 8.03. The quantitative estimate of drug-likeness (QED) is 0.852. The fourth-order valence-electron chi connectivity index (χ4n) is 3.89. The highest BCUT2D eigenvalue weighted by Gasteiger charge is 2.24. The molecule has 116 valence electrons. The predicted molar refractivity (Wildman–Crippen MR) is 92.3 cm³/mol. The van der Waals surface area contributed by atoms with Crippen molar-refractivity contribution >= 4 is 11.4 Å². The molecule has 1 saturated carbocycles. The number of benzene rings is 1. The van der Waals surface area contributed by atoms with Crippen LogP contribution in [0.3, 0.4) is 0 Å². The van der Waals surface area contributed by atoms with Gasteiger partial charge in [0.05, 0.1) is 0 Å². The number of aryl methyl sites for hydroxylation is 1. The Balaban J connectivity index is 1.84. The van der Waals surface area contributed by atoms with Gasteiger partial charge in [0.1, 0.15) is 0 Å². The van der Waals surface area contributed by atoms with Crippen LogP contribution < -0.4 is 10.2 Å². The van der Waals surface area contributed by atoms with Crippen LogP contribution in [0.4, 0.5) is 11.4 Å². The van der Waals surface area contributed by atoms with Gasteiger partial charge in [0.25, 0.3) is 0 Å². The van der Waals surface area contributed by atoms with Crippen molar-refractivity contribution in [2.75, 3.05) is 16.8 Å². The second kappa shape index (κ2) is 6.29. The Morgan fingerprint density at radius 3 is 2.67 bits per heavy atom. The summed E-state index contributed by atoms with van der Waals surface area (Å²) < 4.78 is 0. The molecular weight excluding hydrogens is 256 g/mol. The van der Waals surface area contributed by atoms with Gasteiger partial charge < -0.3 is 10.2 Å². The van der Waals surface area contributed by atoms with E-state index in [1.807, 2.05) is 0 Å². The second-order valence-electron chi connectivity index (χ2n) is 7.41. The lowest BCUT2D eigenvalue weighted by molar-refractivity contribution is 0.535. The number of fused-ring (bicyclic) bond motifs is 1. The maximum atomic E-state index is 3.62. The van der Waals surface area contributed by atoms with E-state index in [1.54, 1.807) is 0 Å². The summed E-state index contributed by atoms with van der Waals surface area (Å²) in [5, 5.41) is 3.62. The molecule has 2 aliphatic rings. The van der Waals surface area contributed by atoms with Crippen molar-refractivity contribution < 1.29 is 0 Å². The van der Waals surface area contributed by atoms with Crippen LogP contribution in [0.2, 0.25) is 0 Å². The molecule has 1 heterocycles. The zero-order valence-electron chi connectivity index (χ0n) is 13.9. The molecule has 1 N–H and O–H groups in total. The van der Waals surface area contributed by atoms with E-state index in [4.69, 9.17) is 0 Å². The number of rotatable bonds is 4. The number of nitrogens with zero attached hydrogens (tertiary/aromatic N) is 1. The number of nitrogens with one attached hydrogen (secondary N) is 1. The molecule has 1 fully saturated rings. The first-order valence-corrected chi connectivity index (χ1v) is 8.79. The Morgan fingerprint density at radius 2 is 1.95 bits per heavy atom. The molecule has 1 aromatic carbocycles. The average molecular weight is 286 g/mol. The maximum absolute atomic E-state index is 3.62. The molecule has 0 saturated heterocycles. The van der Waals surface area contributed by atoms with Gasteiger partial charge >= 0.3 is 0 Å². The van der Waals surface area contributed by atoms with Crippen molar-refractivity contribution in [1.82, 2.24) is 0 Å². The maximum Gasteiger partial charge on any atom is 0.0376 e. The minimum absolute atomic E-state index is 0.616. The first-order valence-electron chi connectivity index (χ1n) is 8.79. The predicted octanol–water partition coefficient (Wildman–Crippen LogP) is 4.84. The minimum Gasteiger partial charge on any atom is -0.382 e. The Bertz CT molecular complexity index is 474. The third-order valence-electron chi connectivity index (χ3n) is 5.00. The van der Waals surface area contributed by atoms with Gasteiger partial charge in [0, 0.05) is 30.0 Å². The minimum atomic E-state index is 0.616. The molecule has 0 amide bonds. The van der Waals surface area contributed by atoms with Crippen molar-refractivity contribution in [1.29, 1.82) is 0 Å². The second-order valence-corrected chi connectivity index (χ2v) is 7.41. The van der Waals surface area contributed by atoms with E-state index < -0.39 is 0 Å². The van der Waals surface area contributed by atoms with E-state index in [1.165, 1.54) is 62.0 Å². The molecule has 0 bridgehead atoms. The van der Waals surface area contributed by atoms with E-state index in [2.05, 4.69) is 49.2 Å². The zero-order valence-corrected chi connectivity index (χ0v) is 13.9. The van der Waals surface area contributed by atoms with E-state index in [0.29, 0.717) is 6.04 Å². The van der Waals surface area contributed by atoms with Crippen LogP contribution in [-0.4, -0.2) is 18.6 Å². The number of hydrogen-bond donors (Lipinski definition) is 1. The molecule has 0 spiro atoms. The lowest BCUT2D eigenvalue weighted by Gasteiger charge is -2.34. The molecule has 2 nitrogen and oxygen atoms in total. The molecule has 1 atom stereocenters. The SMILES string of the molecule is CC(C)CN(c1ccc2c(c1)CCC(C)N2)C1CCCC1. The fraction of sp³-hybridized carbons (Fsp3) is 0.684. The first-order chi connectivity index (χ1) is 10.1. The van der Waals surface area contributed by atoms with Crippen molar-refractivity contribution in [2.24, 2.45) is 5.92 Å². The Kier molecular flexibility index (Phi) is 4.42. The van der Waals surface area contributed by atoms with Crippen LogP contribution in [0, 0.1) is 5.92 Å². The van der Waals surface area contributed by atoms with Crippen LogP contribution in [0.25, 0.3) is 0 Å². The van der Waals surface area contributed by atoms with Gasteiger partial charge in [-0.05, 0) is 62.3 Å². The van der Waals surface area contributed by atoms with Crippen molar-refractivity contribution in [3.8, 4) is 0 Å². The van der Waals surface area contributed by atoms with Gasteiger partial charge in [-0.25, -0.2) is 0 Å². The van der Waals surface area contributed by atoms with Crippen LogP contribution in [-0.2, 0) is 6.42 Å². The van der Waals surface area contributed by atoms with Gasteiger partial charge in [-0.15, -0.1) is 0 Å². The third kappa shape index (κ3) is 3.36. The molecule has 0 aromatic heterocycles. The number of hydrogen-bond acceptors (Lipinski definition) is 2. The Labute approximate surface area is 129 Å². The van der Waals surface area contributed by atoms with Crippen molar-refractivity contribution in [3.05, 3.63) is 23.8 Å². The average Bonchev–Trinajstić information content (AvgIpc) is 2.98.